The molecule has 0 bridgehead atoms. The summed E-state index contributed by atoms with van der Waals surface area (Å²) in [5.41, 5.74) is 8.04. The van der Waals surface area contributed by atoms with E-state index >= 15 is 0 Å². The average Bonchev–Trinajstić information content (AvgIpc) is 2.37. The maximum absolute atomic E-state index is 12.9. The Balaban J connectivity index is 2.29. The lowest BCUT2D eigenvalue weighted by atomic mass is 9.96. The van der Waals surface area contributed by atoms with Gasteiger partial charge in [-0.3, -0.25) is 0 Å². The molecule has 1 heterocycles. The van der Waals surface area contributed by atoms with E-state index in [1.54, 1.807) is 4.90 Å². The largest absolute Gasteiger partial charge is 0.393 e. The predicted molar refractivity (Wildman–Crippen MR) is 78.1 cm³/mol. The Labute approximate surface area is 121 Å². The van der Waals surface area contributed by atoms with Gasteiger partial charge < -0.3 is 10.6 Å². The highest BCUT2D eigenvalue weighted by molar-refractivity contribution is 7.80. The summed E-state index contributed by atoms with van der Waals surface area (Å²) in [6.45, 7) is 2.48. The minimum atomic E-state index is -4.15. The Morgan fingerprint density at radius 3 is 2.70 bits per heavy atom. The van der Waals surface area contributed by atoms with Crippen LogP contribution in [-0.4, -0.2) is 24.3 Å². The standard InChI is InChI=1S/C14H17F3N2S/c1-9-4-5-12(11(7-9)13(18)20)19-6-2-3-10(8-19)14(15,16)17/h4-5,7,10H,2-3,6,8H2,1H3,(H2,18,20). The van der Waals surface area contributed by atoms with Crippen LogP contribution in [0.2, 0.25) is 0 Å². The number of hydrogen-bond acceptors (Lipinski definition) is 2. The Bertz CT molecular complexity index is 514. The van der Waals surface area contributed by atoms with Gasteiger partial charge in [0.15, 0.2) is 0 Å². The second-order valence-corrected chi connectivity index (χ2v) is 5.65. The quantitative estimate of drug-likeness (QED) is 0.849. The summed E-state index contributed by atoms with van der Waals surface area (Å²) in [5, 5.41) is 0. The molecule has 0 saturated carbocycles. The summed E-state index contributed by atoms with van der Waals surface area (Å²) in [5.74, 6) is -1.28. The molecule has 2 N–H and O–H groups in total. The van der Waals surface area contributed by atoms with E-state index in [-0.39, 0.29) is 18.0 Å². The smallest absolute Gasteiger partial charge is 0.389 e. The lowest BCUT2D eigenvalue weighted by Gasteiger charge is -2.36. The van der Waals surface area contributed by atoms with Crippen molar-refractivity contribution in [2.75, 3.05) is 18.0 Å². The summed E-state index contributed by atoms with van der Waals surface area (Å²) in [7, 11) is 0. The van der Waals surface area contributed by atoms with Crippen molar-refractivity contribution in [3.05, 3.63) is 29.3 Å². The van der Waals surface area contributed by atoms with Crippen LogP contribution in [-0.2, 0) is 0 Å². The predicted octanol–water partition coefficient (Wildman–Crippen LogP) is 3.41. The van der Waals surface area contributed by atoms with Gasteiger partial charge in [-0.25, -0.2) is 0 Å². The van der Waals surface area contributed by atoms with E-state index in [9.17, 15) is 13.2 Å². The average molecular weight is 302 g/mol. The molecule has 1 saturated heterocycles. The Morgan fingerprint density at radius 1 is 1.40 bits per heavy atom. The Kier molecular flexibility index (Phi) is 4.22. The number of thiocarbonyl (C=S) groups is 1. The molecular weight excluding hydrogens is 285 g/mol. The van der Waals surface area contributed by atoms with Gasteiger partial charge in [0.1, 0.15) is 4.99 Å². The van der Waals surface area contributed by atoms with Crippen molar-refractivity contribution >= 4 is 22.9 Å². The van der Waals surface area contributed by atoms with Gasteiger partial charge in [0.2, 0.25) is 0 Å². The molecule has 1 unspecified atom stereocenters. The van der Waals surface area contributed by atoms with Crippen LogP contribution in [0.15, 0.2) is 18.2 Å². The van der Waals surface area contributed by atoms with Crippen LogP contribution in [0, 0.1) is 12.8 Å². The van der Waals surface area contributed by atoms with Gasteiger partial charge in [0, 0.05) is 24.3 Å². The maximum atomic E-state index is 12.9. The van der Waals surface area contributed by atoms with Crippen molar-refractivity contribution in [3.63, 3.8) is 0 Å². The molecule has 1 aliphatic heterocycles. The summed E-state index contributed by atoms with van der Waals surface area (Å²) in [4.78, 5) is 1.97. The summed E-state index contributed by atoms with van der Waals surface area (Å²) in [6, 6.07) is 5.51. The lowest BCUT2D eigenvalue weighted by Crippen LogP contribution is -2.42. The number of nitrogens with zero attached hydrogens (tertiary/aromatic N) is 1. The molecule has 1 aromatic rings. The van der Waals surface area contributed by atoms with Crippen LogP contribution < -0.4 is 10.6 Å². The van der Waals surface area contributed by atoms with E-state index in [4.69, 9.17) is 18.0 Å². The number of rotatable bonds is 2. The molecule has 0 amide bonds. The molecule has 6 heteroatoms. The van der Waals surface area contributed by atoms with Crippen LogP contribution in [0.1, 0.15) is 24.0 Å². The number of benzene rings is 1. The second kappa shape index (κ2) is 5.60. The minimum absolute atomic E-state index is 0.0256. The fourth-order valence-corrected chi connectivity index (χ4v) is 2.75. The van der Waals surface area contributed by atoms with E-state index in [1.807, 2.05) is 25.1 Å². The molecule has 1 aliphatic rings. The molecule has 0 aromatic heterocycles. The van der Waals surface area contributed by atoms with Crippen molar-refractivity contribution in [2.24, 2.45) is 11.7 Å². The van der Waals surface area contributed by atoms with E-state index < -0.39 is 12.1 Å². The number of hydrogen-bond donors (Lipinski definition) is 1. The van der Waals surface area contributed by atoms with Crippen LogP contribution in [0.5, 0.6) is 0 Å². The number of anilines is 1. The van der Waals surface area contributed by atoms with Gasteiger partial charge in [-0.15, -0.1) is 0 Å². The fourth-order valence-electron chi connectivity index (χ4n) is 2.59. The Morgan fingerprint density at radius 2 is 2.10 bits per heavy atom. The van der Waals surface area contributed by atoms with Gasteiger partial charge in [-0.1, -0.05) is 23.8 Å². The SMILES string of the molecule is Cc1ccc(N2CCCC(C(F)(F)F)C2)c(C(N)=S)c1. The van der Waals surface area contributed by atoms with Crippen molar-refractivity contribution in [1.29, 1.82) is 0 Å². The van der Waals surface area contributed by atoms with Crippen molar-refractivity contribution in [1.82, 2.24) is 0 Å². The van der Waals surface area contributed by atoms with E-state index in [0.717, 1.165) is 5.56 Å². The highest BCUT2D eigenvalue weighted by Crippen LogP contribution is 2.35. The normalized spacial score (nSPS) is 20.0. The first-order valence-electron chi connectivity index (χ1n) is 6.51. The third-order valence-corrected chi connectivity index (χ3v) is 3.86. The third kappa shape index (κ3) is 3.23. The fraction of sp³-hybridized carbons (Fsp3) is 0.500. The molecule has 0 radical (unpaired) electrons. The molecule has 1 aromatic carbocycles. The van der Waals surface area contributed by atoms with Crippen LogP contribution in [0.4, 0.5) is 18.9 Å². The van der Waals surface area contributed by atoms with Gasteiger partial charge in [0.25, 0.3) is 0 Å². The first kappa shape index (κ1) is 15.1. The van der Waals surface area contributed by atoms with Crippen molar-refractivity contribution in [2.45, 2.75) is 25.9 Å². The van der Waals surface area contributed by atoms with E-state index in [2.05, 4.69) is 0 Å². The summed E-state index contributed by atoms with van der Waals surface area (Å²) in [6.07, 6.45) is -3.43. The summed E-state index contributed by atoms with van der Waals surface area (Å²) < 4.78 is 38.6. The third-order valence-electron chi connectivity index (χ3n) is 3.64. The van der Waals surface area contributed by atoms with Crippen LogP contribution in [0.25, 0.3) is 0 Å². The number of piperidine rings is 1. The molecular formula is C14H17F3N2S. The molecule has 2 rings (SSSR count). The molecule has 2 nitrogen and oxygen atoms in total. The number of nitrogens with two attached hydrogens (primary N) is 1. The highest BCUT2D eigenvalue weighted by Gasteiger charge is 2.42. The summed E-state index contributed by atoms with van der Waals surface area (Å²) >= 11 is 5.01. The second-order valence-electron chi connectivity index (χ2n) is 5.21. The number of aryl methyl sites for hydroxylation is 1. The molecule has 0 aliphatic carbocycles. The Hall–Kier alpha value is -1.30. The van der Waals surface area contributed by atoms with E-state index in [0.29, 0.717) is 24.2 Å². The van der Waals surface area contributed by atoms with E-state index in [1.165, 1.54) is 0 Å². The van der Waals surface area contributed by atoms with Crippen LogP contribution >= 0.6 is 12.2 Å². The monoisotopic (exact) mass is 302 g/mol. The lowest BCUT2D eigenvalue weighted by molar-refractivity contribution is -0.175. The topological polar surface area (TPSA) is 29.3 Å². The molecule has 20 heavy (non-hydrogen) atoms. The zero-order valence-electron chi connectivity index (χ0n) is 11.2. The van der Waals surface area contributed by atoms with Crippen LogP contribution in [0.3, 0.4) is 0 Å². The first-order chi connectivity index (χ1) is 9.29. The molecule has 1 atom stereocenters. The van der Waals surface area contributed by atoms with Crippen molar-refractivity contribution in [3.8, 4) is 0 Å². The van der Waals surface area contributed by atoms with Crippen molar-refractivity contribution < 1.29 is 13.2 Å². The highest BCUT2D eigenvalue weighted by atomic mass is 32.1. The zero-order valence-corrected chi connectivity index (χ0v) is 12.0. The molecule has 1 fully saturated rings. The zero-order chi connectivity index (χ0) is 14.9. The van der Waals surface area contributed by atoms with Gasteiger partial charge >= 0.3 is 6.18 Å². The number of halogens is 3. The first-order valence-corrected chi connectivity index (χ1v) is 6.92. The van der Waals surface area contributed by atoms with Gasteiger partial charge in [0.05, 0.1) is 5.92 Å². The number of alkyl halides is 3. The van der Waals surface area contributed by atoms with Gasteiger partial charge in [-0.05, 0) is 31.9 Å². The molecule has 110 valence electrons. The molecule has 0 spiro atoms. The maximum Gasteiger partial charge on any atom is 0.393 e. The van der Waals surface area contributed by atoms with Gasteiger partial charge in [-0.2, -0.15) is 13.2 Å². The minimum Gasteiger partial charge on any atom is -0.389 e.